The van der Waals surface area contributed by atoms with E-state index in [9.17, 15) is 0 Å². The standard InChI is InChI=1S/C15H20ClN4/c1-12-17-18-15(20(2)10-4-3-5-11-20)19(12)14-8-6-13(16)7-9-14/h6-9H,3-5,10-11H2,1-2H3/q+1. The van der Waals surface area contributed by atoms with Gasteiger partial charge in [-0.15, -0.1) is 5.10 Å². The zero-order chi connectivity index (χ0) is 14.2. The highest BCUT2D eigenvalue weighted by molar-refractivity contribution is 6.30. The highest BCUT2D eigenvalue weighted by Gasteiger charge is 2.34. The van der Waals surface area contributed by atoms with Gasteiger partial charge in [0.2, 0.25) is 0 Å². The maximum atomic E-state index is 5.98. The molecule has 0 saturated carbocycles. The molecule has 0 atom stereocenters. The number of benzene rings is 1. The maximum absolute atomic E-state index is 5.98. The van der Waals surface area contributed by atoms with Gasteiger partial charge < -0.3 is 0 Å². The van der Waals surface area contributed by atoms with Crippen molar-refractivity contribution in [1.82, 2.24) is 19.2 Å². The molecule has 2 heterocycles. The fraction of sp³-hybridized carbons (Fsp3) is 0.467. The van der Waals surface area contributed by atoms with Gasteiger partial charge in [-0.25, -0.2) is 4.57 Å². The van der Waals surface area contributed by atoms with Crippen LogP contribution in [0.25, 0.3) is 5.69 Å². The van der Waals surface area contributed by atoms with Crippen LogP contribution in [0.2, 0.25) is 5.02 Å². The molecule has 1 aliphatic heterocycles. The Morgan fingerprint density at radius 1 is 1.05 bits per heavy atom. The van der Waals surface area contributed by atoms with Gasteiger partial charge in [0.25, 0.3) is 0 Å². The van der Waals surface area contributed by atoms with E-state index >= 15 is 0 Å². The Kier molecular flexibility index (Phi) is 3.52. The summed E-state index contributed by atoms with van der Waals surface area (Å²) in [7, 11) is 2.26. The van der Waals surface area contributed by atoms with Crippen molar-refractivity contribution in [2.24, 2.45) is 0 Å². The first kappa shape index (κ1) is 13.6. The monoisotopic (exact) mass is 291 g/mol. The van der Waals surface area contributed by atoms with Crippen molar-refractivity contribution in [2.45, 2.75) is 26.2 Å². The van der Waals surface area contributed by atoms with Crippen molar-refractivity contribution >= 4 is 17.5 Å². The molecule has 0 bridgehead atoms. The van der Waals surface area contributed by atoms with Crippen LogP contribution in [-0.2, 0) is 0 Å². The number of aryl methyl sites for hydroxylation is 1. The Morgan fingerprint density at radius 3 is 2.35 bits per heavy atom. The van der Waals surface area contributed by atoms with Crippen LogP contribution < -0.4 is 4.48 Å². The third-order valence-corrected chi connectivity index (χ3v) is 4.43. The van der Waals surface area contributed by atoms with Crippen LogP contribution in [0, 0.1) is 6.92 Å². The predicted molar refractivity (Wildman–Crippen MR) is 82.4 cm³/mol. The second-order valence-corrected chi connectivity index (χ2v) is 6.20. The van der Waals surface area contributed by atoms with Crippen LogP contribution in [0.1, 0.15) is 25.1 Å². The fourth-order valence-corrected chi connectivity index (χ4v) is 3.13. The maximum Gasteiger partial charge on any atom is 0.333 e. The molecular formula is C15H20ClN4+. The van der Waals surface area contributed by atoms with Crippen LogP contribution >= 0.6 is 11.6 Å². The zero-order valence-corrected chi connectivity index (χ0v) is 12.8. The Morgan fingerprint density at radius 2 is 1.70 bits per heavy atom. The smallest absolute Gasteiger partial charge is 0.259 e. The van der Waals surface area contributed by atoms with Crippen molar-refractivity contribution in [2.75, 3.05) is 20.1 Å². The molecule has 1 saturated heterocycles. The van der Waals surface area contributed by atoms with Crippen molar-refractivity contribution in [1.29, 1.82) is 0 Å². The number of piperidine rings is 1. The van der Waals surface area contributed by atoms with Crippen molar-refractivity contribution < 1.29 is 0 Å². The first-order chi connectivity index (χ1) is 9.60. The van der Waals surface area contributed by atoms with Gasteiger partial charge in [0.1, 0.15) is 5.82 Å². The lowest BCUT2D eigenvalue weighted by Crippen LogP contribution is -2.50. The molecule has 0 aliphatic carbocycles. The number of hydrogen-bond donors (Lipinski definition) is 0. The molecule has 0 spiro atoms. The largest absolute Gasteiger partial charge is 0.333 e. The normalized spacial score (nSPS) is 18.1. The lowest BCUT2D eigenvalue weighted by molar-refractivity contribution is 0.259. The van der Waals surface area contributed by atoms with Crippen LogP contribution in [0.15, 0.2) is 24.3 Å². The molecule has 1 fully saturated rings. The number of rotatable bonds is 2. The summed E-state index contributed by atoms with van der Waals surface area (Å²) in [4.78, 5) is 0. The van der Waals surface area contributed by atoms with Gasteiger partial charge in [-0.1, -0.05) is 16.7 Å². The molecule has 5 heteroatoms. The first-order valence-corrected chi connectivity index (χ1v) is 7.51. The molecule has 0 amide bonds. The molecule has 1 aromatic carbocycles. The average molecular weight is 292 g/mol. The zero-order valence-electron chi connectivity index (χ0n) is 12.0. The minimum absolute atomic E-state index is 0.749. The number of quaternary nitrogens is 1. The van der Waals surface area contributed by atoms with E-state index in [4.69, 9.17) is 11.6 Å². The quantitative estimate of drug-likeness (QED) is 0.795. The summed E-state index contributed by atoms with van der Waals surface area (Å²) >= 11 is 5.98. The molecule has 1 aliphatic rings. The van der Waals surface area contributed by atoms with Crippen LogP contribution in [-0.4, -0.2) is 34.9 Å². The average Bonchev–Trinajstić information content (AvgIpc) is 2.83. The van der Waals surface area contributed by atoms with Crippen LogP contribution in [0.3, 0.4) is 0 Å². The fourth-order valence-electron chi connectivity index (χ4n) is 3.00. The molecule has 4 nitrogen and oxygen atoms in total. The molecule has 106 valence electrons. The Labute approximate surface area is 124 Å². The molecule has 2 aromatic rings. The minimum Gasteiger partial charge on any atom is -0.259 e. The number of halogens is 1. The second kappa shape index (κ2) is 5.19. The molecule has 0 unspecified atom stereocenters. The molecule has 20 heavy (non-hydrogen) atoms. The number of hydrogen-bond acceptors (Lipinski definition) is 2. The number of aromatic nitrogens is 3. The number of nitrogens with zero attached hydrogens (tertiary/aromatic N) is 4. The molecular weight excluding hydrogens is 272 g/mol. The third-order valence-electron chi connectivity index (χ3n) is 4.18. The van der Waals surface area contributed by atoms with E-state index in [0.29, 0.717) is 0 Å². The SMILES string of the molecule is Cc1nnc([N+]2(C)CCCCC2)n1-c1ccc(Cl)cc1. The first-order valence-electron chi connectivity index (χ1n) is 7.13. The van der Waals surface area contributed by atoms with E-state index in [1.165, 1.54) is 19.3 Å². The lowest BCUT2D eigenvalue weighted by atomic mass is 10.1. The summed E-state index contributed by atoms with van der Waals surface area (Å²) in [5.74, 6) is 1.96. The van der Waals surface area contributed by atoms with E-state index < -0.39 is 0 Å². The van der Waals surface area contributed by atoms with Gasteiger partial charge in [0.05, 0.1) is 25.8 Å². The van der Waals surface area contributed by atoms with Gasteiger partial charge in [-0.05, 0) is 50.5 Å². The summed E-state index contributed by atoms with van der Waals surface area (Å²) in [6.45, 7) is 4.26. The summed E-state index contributed by atoms with van der Waals surface area (Å²) in [6, 6.07) is 7.88. The van der Waals surface area contributed by atoms with E-state index in [2.05, 4.69) is 21.8 Å². The second-order valence-electron chi connectivity index (χ2n) is 5.76. The van der Waals surface area contributed by atoms with Gasteiger partial charge in [0, 0.05) is 5.02 Å². The summed E-state index contributed by atoms with van der Waals surface area (Å²) in [6.07, 6.45) is 3.83. The molecule has 0 N–H and O–H groups in total. The Hall–Kier alpha value is -1.39. The van der Waals surface area contributed by atoms with Crippen molar-refractivity contribution in [3.8, 4) is 5.69 Å². The topological polar surface area (TPSA) is 30.7 Å². The molecule has 0 radical (unpaired) electrons. The van der Waals surface area contributed by atoms with E-state index in [-0.39, 0.29) is 0 Å². The third kappa shape index (κ3) is 2.34. The van der Waals surface area contributed by atoms with Gasteiger partial charge in [-0.3, -0.25) is 4.48 Å². The Bertz CT molecular complexity index is 597. The lowest BCUT2D eigenvalue weighted by Gasteiger charge is -2.35. The number of likely N-dealkylation sites (tertiary alicyclic amines) is 1. The van der Waals surface area contributed by atoms with Gasteiger partial charge in [-0.2, -0.15) is 0 Å². The summed E-state index contributed by atoms with van der Waals surface area (Å²) in [5, 5.41) is 9.51. The summed E-state index contributed by atoms with van der Waals surface area (Å²) < 4.78 is 3.02. The van der Waals surface area contributed by atoms with E-state index in [0.717, 1.165) is 40.1 Å². The van der Waals surface area contributed by atoms with Crippen LogP contribution in [0.5, 0.6) is 0 Å². The van der Waals surface area contributed by atoms with Crippen molar-refractivity contribution in [3.05, 3.63) is 35.1 Å². The van der Waals surface area contributed by atoms with Crippen LogP contribution in [0.4, 0.5) is 5.95 Å². The molecule has 1 aromatic heterocycles. The van der Waals surface area contributed by atoms with Gasteiger partial charge in [0.15, 0.2) is 0 Å². The van der Waals surface area contributed by atoms with Crippen molar-refractivity contribution in [3.63, 3.8) is 0 Å². The molecule has 3 rings (SSSR count). The summed E-state index contributed by atoms with van der Waals surface area (Å²) in [5.41, 5.74) is 1.08. The van der Waals surface area contributed by atoms with E-state index in [1.807, 2.05) is 31.2 Å². The van der Waals surface area contributed by atoms with E-state index in [1.54, 1.807) is 0 Å². The minimum atomic E-state index is 0.749. The predicted octanol–water partition coefficient (Wildman–Crippen LogP) is 3.35. The van der Waals surface area contributed by atoms with Gasteiger partial charge >= 0.3 is 5.95 Å². The highest BCUT2D eigenvalue weighted by Crippen LogP contribution is 2.28. The highest BCUT2D eigenvalue weighted by atomic mass is 35.5. The Balaban J connectivity index is 2.07.